The zero-order valence-electron chi connectivity index (χ0n) is 14.2. The van der Waals surface area contributed by atoms with Crippen molar-refractivity contribution in [3.05, 3.63) is 17.5 Å². The quantitative estimate of drug-likeness (QED) is 0.781. The molecule has 0 saturated heterocycles. The van der Waals surface area contributed by atoms with Gasteiger partial charge in [-0.2, -0.15) is 5.10 Å². The average Bonchev–Trinajstić information content (AvgIpc) is 2.90. The Morgan fingerprint density at radius 2 is 1.91 bits per heavy atom. The monoisotopic (exact) mass is 304 g/mol. The number of fused-ring (bicyclic) bond motifs is 1. The minimum Gasteiger partial charge on any atom is -0.392 e. The summed E-state index contributed by atoms with van der Waals surface area (Å²) in [6.45, 7) is 9.23. The number of aliphatic hydroxyl groups is 1. The Morgan fingerprint density at radius 3 is 2.45 bits per heavy atom. The van der Waals surface area contributed by atoms with Crippen molar-refractivity contribution in [3.8, 4) is 0 Å². The summed E-state index contributed by atoms with van der Waals surface area (Å²) in [5.74, 6) is 0. The maximum absolute atomic E-state index is 9.79. The van der Waals surface area contributed by atoms with E-state index in [4.69, 9.17) is 0 Å². The Kier molecular flexibility index (Phi) is 5.77. The third-order valence-corrected chi connectivity index (χ3v) is 4.17. The van der Waals surface area contributed by atoms with E-state index in [1.165, 1.54) is 0 Å². The normalized spacial score (nSPS) is 11.5. The van der Waals surface area contributed by atoms with Crippen molar-refractivity contribution < 1.29 is 5.11 Å². The van der Waals surface area contributed by atoms with Crippen LogP contribution in [0.15, 0.2) is 6.20 Å². The van der Waals surface area contributed by atoms with Crippen molar-refractivity contribution in [1.29, 1.82) is 0 Å². The molecule has 0 atom stereocenters. The molecule has 0 unspecified atom stereocenters. The largest absolute Gasteiger partial charge is 0.392 e. The van der Waals surface area contributed by atoms with Crippen LogP contribution in [-0.2, 0) is 13.2 Å². The van der Waals surface area contributed by atoms with Gasteiger partial charge in [-0.1, -0.05) is 26.7 Å². The Morgan fingerprint density at radius 1 is 1.23 bits per heavy atom. The minimum atomic E-state index is -0.000613. The summed E-state index contributed by atoms with van der Waals surface area (Å²) in [5.41, 5.74) is 3.67. The number of aryl methyl sites for hydroxylation is 2. The number of aromatic nitrogens is 3. The molecule has 0 saturated carbocycles. The molecule has 0 spiro atoms. The SMILES string of the molecule is CCCC(CCC)Nc1c(CO)c(C)nc2c1cnn2CC. The van der Waals surface area contributed by atoms with Gasteiger partial charge < -0.3 is 10.4 Å². The van der Waals surface area contributed by atoms with Crippen LogP contribution in [0.4, 0.5) is 5.69 Å². The van der Waals surface area contributed by atoms with Gasteiger partial charge in [0.05, 0.1) is 23.9 Å². The lowest BCUT2D eigenvalue weighted by Gasteiger charge is -2.22. The van der Waals surface area contributed by atoms with Crippen LogP contribution in [0, 0.1) is 6.92 Å². The van der Waals surface area contributed by atoms with E-state index in [9.17, 15) is 5.11 Å². The number of hydrogen-bond acceptors (Lipinski definition) is 4. The molecule has 22 heavy (non-hydrogen) atoms. The van der Waals surface area contributed by atoms with E-state index < -0.39 is 0 Å². The Bertz CT molecular complexity index is 615. The molecule has 2 heterocycles. The summed E-state index contributed by atoms with van der Waals surface area (Å²) in [6.07, 6.45) is 6.41. The van der Waals surface area contributed by atoms with E-state index in [2.05, 4.69) is 36.2 Å². The van der Waals surface area contributed by atoms with Crippen molar-refractivity contribution in [2.45, 2.75) is 72.6 Å². The highest BCUT2D eigenvalue weighted by atomic mass is 16.3. The van der Waals surface area contributed by atoms with Crippen LogP contribution < -0.4 is 5.32 Å². The number of hydrogen-bond donors (Lipinski definition) is 2. The molecule has 0 aliphatic carbocycles. The second kappa shape index (κ2) is 7.58. The fraction of sp³-hybridized carbons (Fsp3) is 0.647. The standard InChI is InChI=1S/C17H28N4O/c1-5-8-13(9-6-2)20-16-14-10-18-21(7-3)17(14)19-12(4)15(16)11-22/h10,13,22H,5-9,11H2,1-4H3,(H,19,20). The zero-order chi connectivity index (χ0) is 16.1. The van der Waals surface area contributed by atoms with Crippen LogP contribution in [0.1, 0.15) is 57.7 Å². The van der Waals surface area contributed by atoms with Crippen molar-refractivity contribution in [3.63, 3.8) is 0 Å². The van der Waals surface area contributed by atoms with Crippen LogP contribution in [-0.4, -0.2) is 25.9 Å². The summed E-state index contributed by atoms with van der Waals surface area (Å²) in [7, 11) is 0. The molecule has 5 nitrogen and oxygen atoms in total. The van der Waals surface area contributed by atoms with Gasteiger partial charge in [0.2, 0.25) is 0 Å². The van der Waals surface area contributed by atoms with Crippen molar-refractivity contribution in [2.24, 2.45) is 0 Å². The number of aliphatic hydroxyl groups excluding tert-OH is 1. The molecule has 122 valence electrons. The molecule has 2 N–H and O–H groups in total. The molecule has 0 amide bonds. The molecular formula is C17H28N4O. The van der Waals surface area contributed by atoms with E-state index in [-0.39, 0.29) is 6.61 Å². The van der Waals surface area contributed by atoms with E-state index in [1.807, 2.05) is 17.8 Å². The smallest absolute Gasteiger partial charge is 0.160 e. The van der Waals surface area contributed by atoms with E-state index in [0.29, 0.717) is 6.04 Å². The molecular weight excluding hydrogens is 276 g/mol. The van der Waals surface area contributed by atoms with Gasteiger partial charge in [-0.15, -0.1) is 0 Å². The van der Waals surface area contributed by atoms with Gasteiger partial charge in [0.25, 0.3) is 0 Å². The molecule has 0 aliphatic heterocycles. The van der Waals surface area contributed by atoms with Crippen LogP contribution in [0.3, 0.4) is 0 Å². The third kappa shape index (κ3) is 3.24. The first-order chi connectivity index (χ1) is 10.7. The summed E-state index contributed by atoms with van der Waals surface area (Å²) >= 11 is 0. The fourth-order valence-electron chi connectivity index (χ4n) is 3.02. The topological polar surface area (TPSA) is 63.0 Å². The first-order valence-corrected chi connectivity index (χ1v) is 8.38. The summed E-state index contributed by atoms with van der Waals surface area (Å²) in [5, 5.41) is 18.9. The van der Waals surface area contributed by atoms with Crippen molar-refractivity contribution >= 4 is 16.7 Å². The van der Waals surface area contributed by atoms with Gasteiger partial charge in [0.15, 0.2) is 5.65 Å². The van der Waals surface area contributed by atoms with E-state index >= 15 is 0 Å². The maximum Gasteiger partial charge on any atom is 0.160 e. The lowest BCUT2D eigenvalue weighted by molar-refractivity contribution is 0.281. The number of nitrogens with one attached hydrogen (secondary N) is 1. The highest BCUT2D eigenvalue weighted by Crippen LogP contribution is 2.30. The van der Waals surface area contributed by atoms with Crippen LogP contribution in [0.25, 0.3) is 11.0 Å². The summed E-state index contributed by atoms with van der Waals surface area (Å²) in [6, 6.07) is 0.426. The molecule has 0 radical (unpaired) electrons. The van der Waals surface area contributed by atoms with Crippen LogP contribution in [0.2, 0.25) is 0 Å². The van der Waals surface area contributed by atoms with E-state index in [0.717, 1.165) is 60.2 Å². The molecule has 0 aromatic carbocycles. The van der Waals surface area contributed by atoms with Crippen LogP contribution >= 0.6 is 0 Å². The van der Waals surface area contributed by atoms with Crippen LogP contribution in [0.5, 0.6) is 0 Å². The molecule has 2 rings (SSSR count). The maximum atomic E-state index is 9.79. The molecule has 2 aromatic heterocycles. The predicted molar refractivity (Wildman–Crippen MR) is 91.1 cm³/mol. The van der Waals surface area contributed by atoms with Crippen molar-refractivity contribution in [1.82, 2.24) is 14.8 Å². The van der Waals surface area contributed by atoms with Gasteiger partial charge in [-0.3, -0.25) is 0 Å². The van der Waals surface area contributed by atoms with Gasteiger partial charge in [-0.05, 0) is 26.7 Å². The molecule has 0 aliphatic rings. The number of anilines is 1. The zero-order valence-corrected chi connectivity index (χ0v) is 14.2. The molecule has 0 fully saturated rings. The number of pyridine rings is 1. The molecule has 0 bridgehead atoms. The average molecular weight is 304 g/mol. The highest BCUT2D eigenvalue weighted by Gasteiger charge is 2.18. The predicted octanol–water partition coefficient (Wildman–Crippen LogP) is 3.63. The minimum absolute atomic E-state index is 0.000613. The number of nitrogens with zero attached hydrogens (tertiary/aromatic N) is 3. The van der Waals surface area contributed by atoms with Gasteiger partial charge in [0, 0.05) is 23.8 Å². The molecule has 2 aromatic rings. The lowest BCUT2D eigenvalue weighted by Crippen LogP contribution is -2.20. The van der Waals surface area contributed by atoms with Gasteiger partial charge >= 0.3 is 0 Å². The summed E-state index contributed by atoms with van der Waals surface area (Å²) in [4.78, 5) is 4.64. The lowest BCUT2D eigenvalue weighted by atomic mass is 10.0. The van der Waals surface area contributed by atoms with Gasteiger partial charge in [0.1, 0.15) is 0 Å². The third-order valence-electron chi connectivity index (χ3n) is 4.17. The Hall–Kier alpha value is -1.62. The second-order valence-corrected chi connectivity index (χ2v) is 5.83. The fourth-order valence-corrected chi connectivity index (χ4v) is 3.02. The molecule has 5 heteroatoms. The number of rotatable bonds is 8. The highest BCUT2D eigenvalue weighted by molar-refractivity contribution is 5.91. The first-order valence-electron chi connectivity index (χ1n) is 8.38. The first kappa shape index (κ1) is 16.7. The summed E-state index contributed by atoms with van der Waals surface area (Å²) < 4.78 is 1.91. The Balaban J connectivity index is 2.51. The second-order valence-electron chi connectivity index (χ2n) is 5.83. The van der Waals surface area contributed by atoms with Crippen molar-refractivity contribution in [2.75, 3.05) is 5.32 Å². The van der Waals surface area contributed by atoms with Gasteiger partial charge in [-0.25, -0.2) is 9.67 Å². The van der Waals surface area contributed by atoms with E-state index in [1.54, 1.807) is 0 Å². The Labute approximate surface area is 132 Å².